The Labute approximate surface area is 116 Å². The van der Waals surface area contributed by atoms with Crippen LogP contribution in [0.15, 0.2) is 12.1 Å². The lowest BCUT2D eigenvalue weighted by atomic mass is 9.88. The first kappa shape index (κ1) is 14.3. The molecule has 1 aliphatic carbocycles. The second kappa shape index (κ2) is 6.33. The van der Waals surface area contributed by atoms with E-state index in [-0.39, 0.29) is 0 Å². The average Bonchev–Trinajstić information content (AvgIpc) is 2.41. The summed E-state index contributed by atoms with van der Waals surface area (Å²) < 4.78 is 0. The Kier molecular flexibility index (Phi) is 4.76. The molecule has 0 heterocycles. The van der Waals surface area contributed by atoms with Crippen LogP contribution in [0.2, 0.25) is 0 Å². The van der Waals surface area contributed by atoms with E-state index >= 15 is 0 Å². The lowest BCUT2D eigenvalue weighted by Gasteiger charge is -2.21. The van der Waals surface area contributed by atoms with Crippen molar-refractivity contribution in [3.05, 3.63) is 34.4 Å². The van der Waals surface area contributed by atoms with Crippen molar-refractivity contribution in [1.82, 2.24) is 5.32 Å². The summed E-state index contributed by atoms with van der Waals surface area (Å²) in [6, 6.07) is 4.44. The quantitative estimate of drug-likeness (QED) is 0.897. The van der Waals surface area contributed by atoms with Crippen molar-refractivity contribution < 1.29 is 4.79 Å². The van der Waals surface area contributed by atoms with Gasteiger partial charge in [-0.15, -0.1) is 0 Å². The Morgan fingerprint density at radius 3 is 2.47 bits per heavy atom. The maximum absolute atomic E-state index is 11.2. The minimum absolute atomic E-state index is 0.446. The van der Waals surface area contributed by atoms with Gasteiger partial charge in [0, 0.05) is 19.4 Å². The second-order valence-corrected chi connectivity index (χ2v) is 5.90. The fourth-order valence-corrected chi connectivity index (χ4v) is 2.82. The van der Waals surface area contributed by atoms with Crippen molar-refractivity contribution in [1.29, 1.82) is 0 Å². The van der Waals surface area contributed by atoms with E-state index < -0.39 is 0 Å². The van der Waals surface area contributed by atoms with Crippen molar-refractivity contribution in [2.24, 2.45) is 5.92 Å². The van der Waals surface area contributed by atoms with Crippen LogP contribution >= 0.6 is 0 Å². The van der Waals surface area contributed by atoms with E-state index in [1.54, 1.807) is 0 Å². The Bertz CT molecular complexity index is 455. The zero-order valence-corrected chi connectivity index (χ0v) is 12.4. The van der Waals surface area contributed by atoms with Crippen LogP contribution in [0.3, 0.4) is 0 Å². The summed E-state index contributed by atoms with van der Waals surface area (Å²) in [5, 5.41) is 3.56. The van der Waals surface area contributed by atoms with Gasteiger partial charge in [-0.1, -0.05) is 12.1 Å². The third kappa shape index (κ3) is 3.66. The first-order valence-corrected chi connectivity index (χ1v) is 7.36. The fraction of sp³-hybridized carbons (Fsp3) is 0.588. The highest BCUT2D eigenvalue weighted by molar-refractivity contribution is 5.79. The summed E-state index contributed by atoms with van der Waals surface area (Å²) in [6.07, 6.45) is 3.71. The minimum atomic E-state index is 0.446. The molecule has 0 amide bonds. The van der Waals surface area contributed by atoms with Crippen LogP contribution in [0.5, 0.6) is 0 Å². The molecular weight excluding hydrogens is 234 g/mol. The minimum Gasteiger partial charge on any atom is -0.312 e. The Hall–Kier alpha value is -1.15. The van der Waals surface area contributed by atoms with Gasteiger partial charge in [-0.2, -0.15) is 0 Å². The number of hydrogen-bond acceptors (Lipinski definition) is 2. The summed E-state index contributed by atoms with van der Waals surface area (Å²) in [4.78, 5) is 11.2. The van der Waals surface area contributed by atoms with Gasteiger partial charge in [0.1, 0.15) is 5.78 Å². The number of ketones is 1. The van der Waals surface area contributed by atoms with E-state index in [0.29, 0.717) is 11.7 Å². The van der Waals surface area contributed by atoms with Crippen LogP contribution in [0.4, 0.5) is 0 Å². The molecule has 104 valence electrons. The SMILES string of the molecule is Cc1ccc(CNCC2CCC(=O)CC2)c(C)c1C. The van der Waals surface area contributed by atoms with Gasteiger partial charge in [0.25, 0.3) is 0 Å². The molecule has 0 aliphatic heterocycles. The highest BCUT2D eigenvalue weighted by Gasteiger charge is 2.18. The summed E-state index contributed by atoms with van der Waals surface area (Å²) in [5.41, 5.74) is 5.58. The molecular formula is C17H25NO. The van der Waals surface area contributed by atoms with Gasteiger partial charge in [-0.3, -0.25) is 4.79 Å². The van der Waals surface area contributed by atoms with Gasteiger partial charge in [-0.05, 0) is 68.3 Å². The number of nitrogens with one attached hydrogen (secondary N) is 1. The van der Waals surface area contributed by atoms with Crippen molar-refractivity contribution in [2.75, 3.05) is 6.54 Å². The number of hydrogen-bond donors (Lipinski definition) is 1. The molecule has 0 spiro atoms. The van der Waals surface area contributed by atoms with E-state index in [1.165, 1.54) is 22.3 Å². The number of carbonyl (C=O) groups excluding carboxylic acids is 1. The lowest BCUT2D eigenvalue weighted by Crippen LogP contribution is -2.26. The average molecular weight is 259 g/mol. The van der Waals surface area contributed by atoms with Crippen molar-refractivity contribution >= 4 is 5.78 Å². The van der Waals surface area contributed by atoms with Crippen LogP contribution in [0.25, 0.3) is 0 Å². The molecule has 0 aromatic heterocycles. The summed E-state index contributed by atoms with van der Waals surface area (Å²) in [7, 11) is 0. The van der Waals surface area contributed by atoms with E-state index in [9.17, 15) is 4.79 Å². The van der Waals surface area contributed by atoms with Crippen molar-refractivity contribution in [3.8, 4) is 0 Å². The summed E-state index contributed by atoms with van der Waals surface area (Å²) >= 11 is 0. The number of aryl methyl sites for hydroxylation is 1. The summed E-state index contributed by atoms with van der Waals surface area (Å²) in [6.45, 7) is 8.55. The summed E-state index contributed by atoms with van der Waals surface area (Å²) in [5.74, 6) is 1.13. The van der Waals surface area contributed by atoms with Gasteiger partial charge < -0.3 is 5.32 Å². The Balaban J connectivity index is 1.83. The molecule has 0 unspecified atom stereocenters. The van der Waals surface area contributed by atoms with Crippen LogP contribution in [0.1, 0.15) is 47.9 Å². The Morgan fingerprint density at radius 1 is 1.11 bits per heavy atom. The second-order valence-electron chi connectivity index (χ2n) is 5.90. The molecule has 0 radical (unpaired) electrons. The van der Waals surface area contributed by atoms with Crippen LogP contribution in [-0.2, 0) is 11.3 Å². The fourth-order valence-electron chi connectivity index (χ4n) is 2.82. The first-order valence-electron chi connectivity index (χ1n) is 7.36. The highest BCUT2D eigenvalue weighted by atomic mass is 16.1. The smallest absolute Gasteiger partial charge is 0.132 e. The monoisotopic (exact) mass is 259 g/mol. The van der Waals surface area contributed by atoms with Crippen LogP contribution in [-0.4, -0.2) is 12.3 Å². The first-order chi connectivity index (χ1) is 9.08. The van der Waals surface area contributed by atoms with Gasteiger partial charge in [-0.25, -0.2) is 0 Å². The topological polar surface area (TPSA) is 29.1 Å². The number of Topliss-reactive ketones (excluding diaryl/α,β-unsaturated/α-hetero) is 1. The van der Waals surface area contributed by atoms with Crippen LogP contribution < -0.4 is 5.32 Å². The maximum atomic E-state index is 11.2. The van der Waals surface area contributed by atoms with Gasteiger partial charge >= 0.3 is 0 Å². The molecule has 0 atom stereocenters. The van der Waals surface area contributed by atoms with Crippen molar-refractivity contribution in [3.63, 3.8) is 0 Å². The largest absolute Gasteiger partial charge is 0.312 e. The zero-order valence-electron chi connectivity index (χ0n) is 12.4. The molecule has 2 heteroatoms. The molecule has 0 saturated heterocycles. The van der Waals surface area contributed by atoms with Crippen LogP contribution in [0, 0.1) is 26.7 Å². The number of benzene rings is 1. The van der Waals surface area contributed by atoms with Gasteiger partial charge in [0.15, 0.2) is 0 Å². The van der Waals surface area contributed by atoms with E-state index in [2.05, 4.69) is 38.2 Å². The molecule has 0 bridgehead atoms. The molecule has 1 aromatic rings. The third-order valence-corrected chi connectivity index (χ3v) is 4.58. The molecule has 1 fully saturated rings. The zero-order chi connectivity index (χ0) is 13.8. The Morgan fingerprint density at radius 2 is 1.79 bits per heavy atom. The standard InChI is InChI=1S/C17H25NO/c1-12-4-7-16(14(3)13(12)2)11-18-10-15-5-8-17(19)9-6-15/h4,7,15,18H,5-6,8-11H2,1-3H3. The van der Waals surface area contributed by atoms with E-state index in [4.69, 9.17) is 0 Å². The van der Waals surface area contributed by atoms with E-state index in [0.717, 1.165) is 38.8 Å². The molecule has 19 heavy (non-hydrogen) atoms. The number of rotatable bonds is 4. The molecule has 1 aliphatic rings. The molecule has 2 rings (SSSR count). The lowest BCUT2D eigenvalue weighted by molar-refractivity contribution is -0.120. The highest BCUT2D eigenvalue weighted by Crippen LogP contribution is 2.21. The van der Waals surface area contributed by atoms with E-state index in [1.807, 2.05) is 0 Å². The third-order valence-electron chi connectivity index (χ3n) is 4.58. The van der Waals surface area contributed by atoms with Gasteiger partial charge in [0.05, 0.1) is 0 Å². The number of carbonyl (C=O) groups is 1. The molecule has 2 nitrogen and oxygen atoms in total. The predicted molar refractivity (Wildman–Crippen MR) is 79.3 cm³/mol. The van der Waals surface area contributed by atoms with Gasteiger partial charge in [0.2, 0.25) is 0 Å². The van der Waals surface area contributed by atoms with Crippen molar-refractivity contribution in [2.45, 2.75) is 53.0 Å². The normalized spacial score (nSPS) is 16.9. The maximum Gasteiger partial charge on any atom is 0.132 e. The molecule has 1 aromatic carbocycles. The molecule has 1 saturated carbocycles. The predicted octanol–water partition coefficient (Wildman–Crippen LogP) is 3.46. The molecule has 1 N–H and O–H groups in total.